The number of fused-ring (bicyclic) bond motifs is 1. The molecule has 208 valence electrons. The lowest BCUT2D eigenvalue weighted by Crippen LogP contribution is -2.41. The highest BCUT2D eigenvalue weighted by Crippen LogP contribution is 2.12. The second kappa shape index (κ2) is 14.6. The zero-order valence-electron chi connectivity index (χ0n) is 20.8. The quantitative estimate of drug-likeness (QED) is 0.149. The van der Waals surface area contributed by atoms with Crippen molar-refractivity contribution in [3.63, 3.8) is 0 Å². The minimum absolute atomic E-state index is 0.0200. The monoisotopic (exact) mass is 544 g/mol. The lowest BCUT2D eigenvalue weighted by atomic mass is 10.1. The average Bonchev–Trinajstić information content (AvgIpc) is 2.90. The van der Waals surface area contributed by atoms with Crippen LogP contribution in [0.2, 0.25) is 0 Å². The first-order valence-corrected chi connectivity index (χ1v) is 11.5. The van der Waals surface area contributed by atoms with Gasteiger partial charge in [0.05, 0.1) is 31.6 Å². The fourth-order valence-corrected chi connectivity index (χ4v) is 2.97. The Balaban J connectivity index is 0.000000673. The van der Waals surface area contributed by atoms with Gasteiger partial charge in [0.15, 0.2) is 11.2 Å². The molecule has 0 saturated heterocycles. The molecule has 0 bridgehead atoms. The Morgan fingerprint density at radius 2 is 1.82 bits per heavy atom. The van der Waals surface area contributed by atoms with E-state index in [1.165, 1.54) is 18.3 Å². The van der Waals surface area contributed by atoms with E-state index in [2.05, 4.69) is 35.3 Å². The molecular weight excluding hydrogens is 516 g/mol. The largest absolute Gasteiger partial charge is 0.481 e. The van der Waals surface area contributed by atoms with Crippen molar-refractivity contribution in [2.24, 2.45) is 5.73 Å². The van der Waals surface area contributed by atoms with Gasteiger partial charge in [-0.15, -0.1) is 0 Å². The van der Waals surface area contributed by atoms with Gasteiger partial charge in [-0.1, -0.05) is 0 Å². The molecule has 0 fully saturated rings. The number of amides is 1. The molecule has 1 atom stereocenters. The summed E-state index contributed by atoms with van der Waals surface area (Å²) >= 11 is 0. The first kappa shape index (κ1) is 30.1. The Hall–Kier alpha value is -5.12. The van der Waals surface area contributed by atoms with Crippen molar-refractivity contribution < 1.29 is 34.1 Å². The Kier molecular flexibility index (Phi) is 11.3. The molecule has 39 heavy (non-hydrogen) atoms. The fourth-order valence-electron chi connectivity index (χ4n) is 2.97. The minimum atomic E-state index is -1.31. The topological polar surface area (TPSA) is 266 Å². The van der Waals surface area contributed by atoms with E-state index in [0.29, 0.717) is 18.0 Å². The number of benzene rings is 1. The van der Waals surface area contributed by atoms with Crippen LogP contribution in [0, 0.1) is 0 Å². The van der Waals surface area contributed by atoms with Crippen molar-refractivity contribution in [2.45, 2.75) is 32.4 Å². The average molecular weight is 545 g/mol. The number of anilines is 2. The molecule has 3 rings (SSSR count). The highest BCUT2D eigenvalue weighted by molar-refractivity contribution is 5.97. The summed E-state index contributed by atoms with van der Waals surface area (Å²) in [4.78, 5) is 70.6. The number of carbonyl (C=O) groups excluding carboxylic acids is 2. The third kappa shape index (κ3) is 9.69. The number of aromatic nitrogens is 4. The van der Waals surface area contributed by atoms with Crippen molar-refractivity contribution in [1.82, 2.24) is 25.3 Å². The highest BCUT2D eigenvalue weighted by Gasteiger charge is 2.21. The van der Waals surface area contributed by atoms with Gasteiger partial charge in [0.2, 0.25) is 5.95 Å². The number of hydrogen-bond acceptors (Lipinski definition) is 12. The molecule has 1 unspecified atom stereocenters. The van der Waals surface area contributed by atoms with Crippen LogP contribution in [0.25, 0.3) is 11.2 Å². The number of hydrogen-bond donors (Lipinski definition) is 7. The van der Waals surface area contributed by atoms with Crippen molar-refractivity contribution in [2.75, 3.05) is 24.2 Å². The smallest absolute Gasteiger partial charge is 0.326 e. The third-order valence-electron chi connectivity index (χ3n) is 4.83. The summed E-state index contributed by atoms with van der Waals surface area (Å²) in [6.07, 6.45) is 0.840. The summed E-state index contributed by atoms with van der Waals surface area (Å²) in [7, 11) is 0. The van der Waals surface area contributed by atoms with Crippen molar-refractivity contribution in [3.8, 4) is 0 Å². The van der Waals surface area contributed by atoms with E-state index < -0.39 is 29.4 Å². The predicted octanol–water partition coefficient (Wildman–Crippen LogP) is -0.537. The van der Waals surface area contributed by atoms with Crippen molar-refractivity contribution in [3.05, 3.63) is 52.1 Å². The number of nitrogens with zero attached hydrogens (tertiary/aromatic N) is 3. The number of nitrogens with one attached hydrogen (secondary N) is 3. The lowest BCUT2D eigenvalue weighted by Gasteiger charge is -2.14. The highest BCUT2D eigenvalue weighted by atomic mass is 16.5. The van der Waals surface area contributed by atoms with Crippen LogP contribution < -0.4 is 27.7 Å². The summed E-state index contributed by atoms with van der Waals surface area (Å²) in [5, 5.41) is 23.2. The number of H-pyrrole nitrogens is 1. The maximum Gasteiger partial charge on any atom is 0.326 e. The molecule has 2 aromatic heterocycles. The Labute approximate surface area is 220 Å². The van der Waals surface area contributed by atoms with Crippen LogP contribution >= 0.6 is 0 Å². The maximum absolute atomic E-state index is 12.3. The summed E-state index contributed by atoms with van der Waals surface area (Å²) < 4.78 is 4.43. The van der Waals surface area contributed by atoms with Gasteiger partial charge in [-0.05, 0) is 37.6 Å². The third-order valence-corrected chi connectivity index (χ3v) is 4.83. The van der Waals surface area contributed by atoms with Gasteiger partial charge in [-0.3, -0.25) is 24.2 Å². The molecule has 0 spiro atoms. The number of aromatic amines is 1. The van der Waals surface area contributed by atoms with Crippen LogP contribution in [0.3, 0.4) is 0 Å². The van der Waals surface area contributed by atoms with Gasteiger partial charge in [0.1, 0.15) is 6.04 Å². The number of nitrogen functional groups attached to an aromatic ring is 1. The Morgan fingerprint density at radius 3 is 2.38 bits per heavy atom. The number of aliphatic carboxylic acids is 2. The van der Waals surface area contributed by atoms with Crippen LogP contribution in [-0.4, -0.2) is 73.2 Å². The maximum atomic E-state index is 12.3. The Bertz CT molecular complexity index is 1380. The van der Waals surface area contributed by atoms with E-state index in [1.54, 1.807) is 19.1 Å². The number of carboxylic acid groups (broad SMARTS) is 2. The van der Waals surface area contributed by atoms with Gasteiger partial charge in [-0.25, -0.2) is 14.8 Å². The first-order chi connectivity index (χ1) is 18.5. The molecule has 0 saturated carbocycles. The molecule has 1 amide bonds. The number of ether oxygens (including phenoxy) is 1. The molecule has 2 heterocycles. The first-order valence-electron chi connectivity index (χ1n) is 11.5. The fraction of sp³-hybridized carbons (Fsp3) is 0.304. The summed E-state index contributed by atoms with van der Waals surface area (Å²) in [5.74, 6) is -3.50. The molecule has 0 aliphatic carbocycles. The van der Waals surface area contributed by atoms with Crippen molar-refractivity contribution in [1.29, 1.82) is 0 Å². The standard InChI is InChI=1S/C19H19N7O6.C4H9NO2/c20-19-25-15-14(17(30)26-19)23-11(8-22-15)7-21-10-3-1-9(2-4-10)16(29)24-12(18(31)32)5-6-13(27)28;1-2-7-4(6)3-5/h1-4,8,12,21H,5-7H2,(H,24,29)(H,27,28)(H,31,32)(H3,20,22,25,26,30);2-3,5H2,1H3. The van der Waals surface area contributed by atoms with Gasteiger partial charge in [0.25, 0.3) is 11.5 Å². The molecule has 3 aromatic rings. The molecule has 16 nitrogen and oxygen atoms in total. The van der Waals surface area contributed by atoms with Gasteiger partial charge < -0.3 is 37.1 Å². The normalized spacial score (nSPS) is 11.0. The van der Waals surface area contributed by atoms with E-state index in [-0.39, 0.29) is 54.6 Å². The van der Waals surface area contributed by atoms with E-state index in [9.17, 15) is 24.0 Å². The number of esters is 1. The van der Waals surface area contributed by atoms with E-state index in [1.807, 2.05) is 0 Å². The number of carbonyl (C=O) groups is 4. The summed E-state index contributed by atoms with van der Waals surface area (Å²) in [5.41, 5.74) is 11.4. The Morgan fingerprint density at radius 1 is 1.13 bits per heavy atom. The molecule has 16 heteroatoms. The lowest BCUT2D eigenvalue weighted by molar-refractivity contribution is -0.142. The van der Waals surface area contributed by atoms with Crippen LogP contribution in [0.15, 0.2) is 35.3 Å². The van der Waals surface area contributed by atoms with Gasteiger partial charge in [0, 0.05) is 17.7 Å². The SMILES string of the molecule is CCOC(=O)CN.Nc1nc2ncc(CNc3ccc(C(=O)NC(CCC(=O)O)C(=O)O)cc3)nc2c(=O)[nH]1. The van der Waals surface area contributed by atoms with Gasteiger partial charge in [-0.2, -0.15) is 4.98 Å². The predicted molar refractivity (Wildman–Crippen MR) is 138 cm³/mol. The number of carboxylic acids is 2. The molecule has 1 aromatic carbocycles. The molecule has 9 N–H and O–H groups in total. The van der Waals surface area contributed by atoms with E-state index >= 15 is 0 Å². The van der Waals surface area contributed by atoms with E-state index in [4.69, 9.17) is 21.7 Å². The second-order valence-electron chi connectivity index (χ2n) is 7.72. The molecular formula is C23H28N8O8. The minimum Gasteiger partial charge on any atom is -0.481 e. The molecule has 0 aliphatic rings. The van der Waals surface area contributed by atoms with Crippen LogP contribution in [0.1, 0.15) is 35.8 Å². The number of nitrogens with two attached hydrogens (primary N) is 2. The zero-order valence-corrected chi connectivity index (χ0v) is 20.8. The number of rotatable bonds is 11. The summed E-state index contributed by atoms with van der Waals surface area (Å²) in [6, 6.07) is 4.86. The second-order valence-corrected chi connectivity index (χ2v) is 7.72. The zero-order chi connectivity index (χ0) is 28.9. The van der Waals surface area contributed by atoms with Crippen LogP contribution in [0.4, 0.5) is 11.6 Å². The van der Waals surface area contributed by atoms with E-state index in [0.717, 1.165) is 0 Å². The molecule has 0 radical (unpaired) electrons. The van der Waals surface area contributed by atoms with Crippen molar-refractivity contribution >= 4 is 46.6 Å². The summed E-state index contributed by atoms with van der Waals surface area (Å²) in [6.45, 7) is 2.37. The van der Waals surface area contributed by atoms with Crippen LogP contribution in [-0.2, 0) is 25.7 Å². The van der Waals surface area contributed by atoms with Crippen LogP contribution in [0.5, 0.6) is 0 Å². The van der Waals surface area contributed by atoms with Gasteiger partial charge >= 0.3 is 17.9 Å². The molecule has 0 aliphatic heterocycles.